The average Bonchev–Trinajstić information content (AvgIpc) is 3.15. The minimum Gasteiger partial charge on any atom is -0.326 e. The summed E-state index contributed by atoms with van der Waals surface area (Å²) in [6.07, 6.45) is 1.85. The monoisotopic (exact) mass is 387 g/mol. The summed E-state index contributed by atoms with van der Waals surface area (Å²) in [5, 5.41) is 0. The summed E-state index contributed by atoms with van der Waals surface area (Å²) >= 11 is 0. The molecule has 0 aliphatic heterocycles. The molecule has 0 bridgehead atoms. The second kappa shape index (κ2) is 7.80. The second-order valence-electron chi connectivity index (χ2n) is 7.21. The maximum Gasteiger partial charge on any atom is 0.152 e. The molecular formula is C27H21N3. The summed E-state index contributed by atoms with van der Waals surface area (Å²) in [4.78, 5) is 9.63. The molecule has 0 aliphatic carbocycles. The molecule has 4 aromatic carbocycles. The second-order valence-corrected chi connectivity index (χ2v) is 7.21. The van der Waals surface area contributed by atoms with Crippen LogP contribution in [-0.2, 0) is 7.05 Å². The Morgan fingerprint density at radius 2 is 1.20 bits per heavy atom. The van der Waals surface area contributed by atoms with Crippen molar-refractivity contribution in [1.29, 1.82) is 0 Å². The van der Waals surface area contributed by atoms with E-state index in [0.717, 1.165) is 33.7 Å². The molecule has 0 aliphatic rings. The summed E-state index contributed by atoms with van der Waals surface area (Å²) in [5.41, 5.74) is 7.64. The van der Waals surface area contributed by atoms with Gasteiger partial charge in [0.25, 0.3) is 0 Å². The van der Waals surface area contributed by atoms with Gasteiger partial charge in [0.2, 0.25) is 0 Å². The van der Waals surface area contributed by atoms with Crippen LogP contribution in [0.5, 0.6) is 0 Å². The lowest BCUT2D eigenvalue weighted by molar-refractivity contribution is 0.935. The van der Waals surface area contributed by atoms with Crippen LogP contribution in [0.4, 0.5) is 5.69 Å². The van der Waals surface area contributed by atoms with Gasteiger partial charge < -0.3 is 4.57 Å². The molecule has 3 heteroatoms. The van der Waals surface area contributed by atoms with Crippen LogP contribution in [0, 0.1) is 0 Å². The number of benzene rings is 4. The largest absolute Gasteiger partial charge is 0.326 e. The average molecular weight is 387 g/mol. The Bertz CT molecular complexity index is 1320. The highest BCUT2D eigenvalue weighted by Gasteiger charge is 2.16. The Labute approximate surface area is 176 Å². The molecule has 0 atom stereocenters. The van der Waals surface area contributed by atoms with Crippen LogP contribution in [0.2, 0.25) is 0 Å². The zero-order chi connectivity index (χ0) is 20.3. The van der Waals surface area contributed by atoms with Gasteiger partial charge in [0.1, 0.15) is 0 Å². The summed E-state index contributed by atoms with van der Waals surface area (Å²) < 4.78 is 2.14. The Balaban J connectivity index is 1.74. The van der Waals surface area contributed by atoms with Gasteiger partial charge in [-0.3, -0.25) is 4.99 Å². The van der Waals surface area contributed by atoms with E-state index in [2.05, 4.69) is 77.3 Å². The van der Waals surface area contributed by atoms with E-state index >= 15 is 0 Å². The number of hydrogen-bond donors (Lipinski definition) is 0. The lowest BCUT2D eigenvalue weighted by Gasteiger charge is -2.09. The molecule has 0 saturated carbocycles. The number of aromatic nitrogens is 2. The quantitative estimate of drug-likeness (QED) is 0.317. The Morgan fingerprint density at radius 3 is 1.83 bits per heavy atom. The predicted molar refractivity (Wildman–Crippen MR) is 125 cm³/mol. The van der Waals surface area contributed by atoms with Crippen LogP contribution < -0.4 is 0 Å². The van der Waals surface area contributed by atoms with Crippen molar-refractivity contribution in [3.05, 3.63) is 109 Å². The number of fused-ring (bicyclic) bond motifs is 1. The Hall–Kier alpha value is -3.98. The third-order valence-electron chi connectivity index (χ3n) is 5.31. The minimum absolute atomic E-state index is 0.828. The molecule has 0 spiro atoms. The van der Waals surface area contributed by atoms with Gasteiger partial charge in [-0.15, -0.1) is 0 Å². The topological polar surface area (TPSA) is 30.2 Å². The zero-order valence-electron chi connectivity index (χ0n) is 16.7. The highest BCUT2D eigenvalue weighted by Crippen LogP contribution is 2.35. The third-order valence-corrected chi connectivity index (χ3v) is 5.31. The molecule has 0 amide bonds. The molecule has 5 aromatic rings. The van der Waals surface area contributed by atoms with Gasteiger partial charge in [-0.1, -0.05) is 91.0 Å². The van der Waals surface area contributed by atoms with E-state index in [-0.39, 0.29) is 0 Å². The number of aryl methyl sites for hydroxylation is 1. The maximum absolute atomic E-state index is 5.00. The molecule has 1 heterocycles. The number of hydrogen-bond acceptors (Lipinski definition) is 2. The van der Waals surface area contributed by atoms with Gasteiger partial charge in [-0.2, -0.15) is 0 Å². The molecule has 30 heavy (non-hydrogen) atoms. The van der Waals surface area contributed by atoms with Crippen molar-refractivity contribution in [2.45, 2.75) is 0 Å². The van der Waals surface area contributed by atoms with Crippen LogP contribution in [-0.4, -0.2) is 15.8 Å². The van der Waals surface area contributed by atoms with E-state index in [0.29, 0.717) is 0 Å². The van der Waals surface area contributed by atoms with E-state index in [1.165, 1.54) is 11.1 Å². The maximum atomic E-state index is 5.00. The number of nitrogens with zero attached hydrogens (tertiary/aromatic N) is 3. The molecule has 0 unspecified atom stereocenters. The standard InChI is InChI=1S/C27H21N3/c1-30-25(19-28-22-15-9-4-10-16-22)29-26-23(20-11-5-2-6-12-20)17-18-24(27(26)30)21-13-7-3-8-14-21/h2-19H,1H3. The molecule has 1 aromatic heterocycles. The van der Waals surface area contributed by atoms with Gasteiger partial charge in [-0.25, -0.2) is 4.98 Å². The predicted octanol–water partition coefficient (Wildman–Crippen LogP) is 6.66. The van der Waals surface area contributed by atoms with E-state index in [4.69, 9.17) is 4.98 Å². The highest BCUT2D eigenvalue weighted by atomic mass is 15.1. The minimum atomic E-state index is 0.828. The van der Waals surface area contributed by atoms with Crippen LogP contribution in [0.1, 0.15) is 5.82 Å². The van der Waals surface area contributed by atoms with Gasteiger partial charge in [0, 0.05) is 18.2 Å². The van der Waals surface area contributed by atoms with Crippen molar-refractivity contribution < 1.29 is 0 Å². The highest BCUT2D eigenvalue weighted by molar-refractivity contribution is 6.03. The third kappa shape index (κ3) is 3.31. The van der Waals surface area contributed by atoms with Gasteiger partial charge in [0.15, 0.2) is 5.82 Å². The number of rotatable bonds is 4. The van der Waals surface area contributed by atoms with Crippen LogP contribution in [0.15, 0.2) is 108 Å². The Kier molecular flexibility index (Phi) is 4.70. The molecule has 0 radical (unpaired) electrons. The van der Waals surface area contributed by atoms with E-state index in [1.807, 2.05) is 48.7 Å². The van der Waals surface area contributed by atoms with Gasteiger partial charge in [0.05, 0.1) is 22.9 Å². The number of imidazole rings is 1. The molecule has 144 valence electrons. The van der Waals surface area contributed by atoms with Crippen molar-refractivity contribution in [1.82, 2.24) is 9.55 Å². The fourth-order valence-corrected chi connectivity index (χ4v) is 3.80. The normalized spacial score (nSPS) is 11.4. The Morgan fingerprint density at radius 1 is 0.667 bits per heavy atom. The molecule has 0 saturated heterocycles. The van der Waals surface area contributed by atoms with Crippen LogP contribution in [0.3, 0.4) is 0 Å². The fraction of sp³-hybridized carbons (Fsp3) is 0.0370. The van der Waals surface area contributed by atoms with Crippen molar-refractivity contribution in [3.63, 3.8) is 0 Å². The lowest BCUT2D eigenvalue weighted by atomic mass is 9.98. The van der Waals surface area contributed by atoms with Crippen LogP contribution in [0.25, 0.3) is 33.3 Å². The SMILES string of the molecule is Cn1c(C=Nc2ccccc2)nc2c(-c3ccccc3)ccc(-c3ccccc3)c21. The first kappa shape index (κ1) is 18.1. The molecule has 3 nitrogen and oxygen atoms in total. The molecule has 5 rings (SSSR count). The van der Waals surface area contributed by atoms with Crippen molar-refractivity contribution in [2.24, 2.45) is 12.0 Å². The summed E-state index contributed by atoms with van der Waals surface area (Å²) in [6.45, 7) is 0. The first-order valence-electron chi connectivity index (χ1n) is 10.0. The smallest absolute Gasteiger partial charge is 0.152 e. The van der Waals surface area contributed by atoms with E-state index in [1.54, 1.807) is 0 Å². The summed E-state index contributed by atoms with van der Waals surface area (Å²) in [5.74, 6) is 0.828. The summed E-state index contributed by atoms with van der Waals surface area (Å²) in [6, 6.07) is 35.2. The molecule has 0 fully saturated rings. The van der Waals surface area contributed by atoms with E-state index in [9.17, 15) is 0 Å². The fourth-order valence-electron chi connectivity index (χ4n) is 3.80. The summed E-state index contributed by atoms with van der Waals surface area (Å²) in [7, 11) is 2.06. The van der Waals surface area contributed by atoms with Gasteiger partial charge >= 0.3 is 0 Å². The molecule has 0 N–H and O–H groups in total. The molecular weight excluding hydrogens is 366 g/mol. The number of para-hydroxylation sites is 1. The zero-order valence-corrected chi connectivity index (χ0v) is 16.7. The van der Waals surface area contributed by atoms with Crippen molar-refractivity contribution in [3.8, 4) is 22.3 Å². The first-order valence-corrected chi connectivity index (χ1v) is 10.0. The van der Waals surface area contributed by atoms with Gasteiger partial charge in [-0.05, 0) is 23.3 Å². The van der Waals surface area contributed by atoms with E-state index < -0.39 is 0 Å². The van der Waals surface area contributed by atoms with Crippen molar-refractivity contribution >= 4 is 22.9 Å². The van der Waals surface area contributed by atoms with Crippen molar-refractivity contribution in [2.75, 3.05) is 0 Å². The van der Waals surface area contributed by atoms with Crippen LogP contribution >= 0.6 is 0 Å². The number of aliphatic imine (C=N–C) groups is 1. The lowest BCUT2D eigenvalue weighted by Crippen LogP contribution is -1.97. The first-order chi connectivity index (χ1) is 14.8.